The molecule has 0 saturated heterocycles. The predicted octanol–water partition coefficient (Wildman–Crippen LogP) is 2.24. The lowest BCUT2D eigenvalue weighted by Gasteiger charge is -2.31. The number of allylic oxidation sites excluding steroid dienone is 2. The number of aliphatic hydroxyl groups is 2. The summed E-state index contributed by atoms with van der Waals surface area (Å²) in [7, 11) is 0. The molecular formula is C15H24O3. The molecule has 0 heterocycles. The second-order valence-corrected chi connectivity index (χ2v) is 5.67. The molecule has 0 amide bonds. The van der Waals surface area contributed by atoms with Gasteiger partial charge in [0, 0.05) is 6.42 Å². The fraction of sp³-hybridized carbons (Fsp3) is 0.667. The molecule has 0 aromatic carbocycles. The van der Waals surface area contributed by atoms with Gasteiger partial charge in [0.1, 0.15) is 6.10 Å². The van der Waals surface area contributed by atoms with E-state index in [2.05, 4.69) is 6.58 Å². The van der Waals surface area contributed by atoms with Crippen LogP contribution in [0, 0.1) is 11.8 Å². The molecule has 1 aliphatic carbocycles. The summed E-state index contributed by atoms with van der Waals surface area (Å²) in [4.78, 5) is 11.7. The van der Waals surface area contributed by atoms with Gasteiger partial charge >= 0.3 is 0 Å². The molecule has 0 aliphatic heterocycles. The van der Waals surface area contributed by atoms with Crippen LogP contribution in [0.3, 0.4) is 0 Å². The van der Waals surface area contributed by atoms with Crippen LogP contribution in [-0.4, -0.2) is 28.2 Å². The van der Waals surface area contributed by atoms with E-state index in [1.807, 2.05) is 20.8 Å². The summed E-state index contributed by atoms with van der Waals surface area (Å²) >= 11 is 0. The van der Waals surface area contributed by atoms with Gasteiger partial charge in [-0.2, -0.15) is 0 Å². The van der Waals surface area contributed by atoms with Crippen LogP contribution in [0.4, 0.5) is 0 Å². The third-order valence-corrected chi connectivity index (χ3v) is 3.72. The summed E-state index contributed by atoms with van der Waals surface area (Å²) in [6.45, 7) is 9.74. The molecule has 1 aliphatic rings. The van der Waals surface area contributed by atoms with Crippen LogP contribution in [0.5, 0.6) is 0 Å². The van der Waals surface area contributed by atoms with Crippen LogP contribution < -0.4 is 0 Å². The molecule has 0 aromatic rings. The third-order valence-electron chi connectivity index (χ3n) is 3.72. The van der Waals surface area contributed by atoms with Gasteiger partial charge in [0.15, 0.2) is 5.78 Å². The van der Waals surface area contributed by atoms with Crippen molar-refractivity contribution in [1.82, 2.24) is 0 Å². The van der Waals surface area contributed by atoms with Crippen LogP contribution >= 0.6 is 0 Å². The van der Waals surface area contributed by atoms with Crippen molar-refractivity contribution in [2.75, 3.05) is 0 Å². The number of carbonyl (C=O) groups is 1. The number of hydrogen-bond acceptors (Lipinski definition) is 3. The highest BCUT2D eigenvalue weighted by molar-refractivity contribution is 5.92. The first-order chi connectivity index (χ1) is 8.32. The summed E-state index contributed by atoms with van der Waals surface area (Å²) in [5, 5.41) is 20.3. The number of hydrogen-bond donors (Lipinski definition) is 2. The number of ketones is 1. The fourth-order valence-electron chi connectivity index (χ4n) is 2.49. The maximum Gasteiger partial charge on any atom is 0.159 e. The van der Waals surface area contributed by atoms with E-state index in [-0.39, 0.29) is 24.0 Å². The smallest absolute Gasteiger partial charge is 0.159 e. The Labute approximate surface area is 109 Å². The van der Waals surface area contributed by atoms with E-state index in [1.165, 1.54) is 0 Å². The largest absolute Gasteiger partial charge is 0.390 e. The molecule has 3 nitrogen and oxygen atoms in total. The summed E-state index contributed by atoms with van der Waals surface area (Å²) < 4.78 is 0. The van der Waals surface area contributed by atoms with E-state index < -0.39 is 12.2 Å². The number of carbonyl (C=O) groups excluding carboxylic acids is 1. The maximum absolute atomic E-state index is 11.7. The standard InChI is InChI=1S/C15H24O3/c1-9(2)13-6-5-10(3)7-12(16)8-11(4)14(17)15(13)18/h7,9,13-15,17-18H,4-6,8H2,1-3H3/b10-7+/t13-,14+,15+/m0/s1. The second-order valence-electron chi connectivity index (χ2n) is 5.67. The van der Waals surface area contributed by atoms with E-state index in [0.717, 1.165) is 18.4 Å². The predicted molar refractivity (Wildman–Crippen MR) is 72.1 cm³/mol. The minimum Gasteiger partial charge on any atom is -0.390 e. The molecule has 3 atom stereocenters. The lowest BCUT2D eigenvalue weighted by atomic mass is 9.80. The lowest BCUT2D eigenvalue weighted by molar-refractivity contribution is -0.114. The second kappa shape index (κ2) is 6.30. The topological polar surface area (TPSA) is 57.5 Å². The Kier molecular flexibility index (Phi) is 5.29. The summed E-state index contributed by atoms with van der Waals surface area (Å²) in [5.41, 5.74) is 1.44. The van der Waals surface area contributed by atoms with Crippen LogP contribution in [0.25, 0.3) is 0 Å². The van der Waals surface area contributed by atoms with E-state index in [1.54, 1.807) is 6.08 Å². The lowest BCUT2D eigenvalue weighted by Crippen LogP contribution is -2.38. The molecule has 102 valence electrons. The normalized spacial score (nSPS) is 34.3. The van der Waals surface area contributed by atoms with Gasteiger partial charge in [-0.1, -0.05) is 26.0 Å². The SMILES string of the molecule is C=C1CC(=O)/C=C(\C)CC[C@@H](C(C)C)[C@@H](O)[C@@H]1O. The number of rotatable bonds is 1. The molecule has 0 aromatic heterocycles. The van der Waals surface area contributed by atoms with Crippen molar-refractivity contribution in [1.29, 1.82) is 0 Å². The quantitative estimate of drug-likeness (QED) is 0.704. The Hall–Kier alpha value is -0.930. The molecule has 2 N–H and O–H groups in total. The Morgan fingerprint density at radius 3 is 2.56 bits per heavy atom. The molecule has 0 unspecified atom stereocenters. The van der Waals surface area contributed by atoms with Crippen molar-refractivity contribution >= 4 is 5.78 Å². The van der Waals surface area contributed by atoms with Crippen molar-refractivity contribution in [2.45, 2.75) is 52.2 Å². The van der Waals surface area contributed by atoms with Crippen molar-refractivity contribution in [3.8, 4) is 0 Å². The Morgan fingerprint density at radius 1 is 1.39 bits per heavy atom. The molecular weight excluding hydrogens is 228 g/mol. The summed E-state index contributed by atoms with van der Waals surface area (Å²) in [6.07, 6.45) is 1.46. The van der Waals surface area contributed by atoms with E-state index in [4.69, 9.17) is 0 Å². The van der Waals surface area contributed by atoms with Crippen molar-refractivity contribution in [3.05, 3.63) is 23.8 Å². The van der Waals surface area contributed by atoms with Gasteiger partial charge in [-0.15, -0.1) is 0 Å². The highest BCUT2D eigenvalue weighted by Gasteiger charge is 2.31. The Bertz CT molecular complexity index is 355. The van der Waals surface area contributed by atoms with Crippen LogP contribution in [0.2, 0.25) is 0 Å². The van der Waals surface area contributed by atoms with Gasteiger partial charge in [0.05, 0.1) is 6.10 Å². The monoisotopic (exact) mass is 252 g/mol. The highest BCUT2D eigenvalue weighted by Crippen LogP contribution is 2.28. The zero-order valence-corrected chi connectivity index (χ0v) is 11.5. The molecule has 1 rings (SSSR count). The summed E-state index contributed by atoms with van der Waals surface area (Å²) in [5.74, 6) is 0.255. The maximum atomic E-state index is 11.7. The Morgan fingerprint density at radius 2 is 2.00 bits per heavy atom. The third kappa shape index (κ3) is 3.79. The zero-order valence-electron chi connectivity index (χ0n) is 11.5. The van der Waals surface area contributed by atoms with Gasteiger partial charge < -0.3 is 10.2 Å². The molecule has 18 heavy (non-hydrogen) atoms. The van der Waals surface area contributed by atoms with Crippen LogP contribution in [0.15, 0.2) is 23.8 Å². The minimum absolute atomic E-state index is 0.0216. The molecule has 0 fully saturated rings. The van der Waals surface area contributed by atoms with Gasteiger partial charge in [-0.25, -0.2) is 0 Å². The average Bonchev–Trinajstić information content (AvgIpc) is 2.25. The number of aliphatic hydroxyl groups excluding tert-OH is 2. The molecule has 0 saturated carbocycles. The zero-order chi connectivity index (χ0) is 13.9. The molecule has 0 radical (unpaired) electrons. The van der Waals surface area contributed by atoms with Crippen molar-refractivity contribution in [2.24, 2.45) is 11.8 Å². The average molecular weight is 252 g/mol. The van der Waals surface area contributed by atoms with Crippen LogP contribution in [-0.2, 0) is 4.79 Å². The Balaban J connectivity index is 2.98. The van der Waals surface area contributed by atoms with Crippen molar-refractivity contribution in [3.63, 3.8) is 0 Å². The highest BCUT2D eigenvalue weighted by atomic mass is 16.3. The van der Waals surface area contributed by atoms with E-state index in [0.29, 0.717) is 5.57 Å². The van der Waals surface area contributed by atoms with E-state index >= 15 is 0 Å². The first kappa shape index (κ1) is 15.1. The van der Waals surface area contributed by atoms with Gasteiger partial charge in [-0.05, 0) is 43.3 Å². The van der Waals surface area contributed by atoms with Gasteiger partial charge in [0.2, 0.25) is 0 Å². The fourth-order valence-corrected chi connectivity index (χ4v) is 2.49. The molecule has 3 heteroatoms. The minimum atomic E-state index is -1.01. The van der Waals surface area contributed by atoms with Gasteiger partial charge in [0.25, 0.3) is 0 Å². The summed E-state index contributed by atoms with van der Waals surface area (Å²) in [6, 6.07) is 0. The van der Waals surface area contributed by atoms with Crippen molar-refractivity contribution < 1.29 is 15.0 Å². The molecule has 0 bridgehead atoms. The van der Waals surface area contributed by atoms with E-state index in [9.17, 15) is 15.0 Å². The first-order valence-electron chi connectivity index (χ1n) is 6.56. The van der Waals surface area contributed by atoms with Crippen LogP contribution in [0.1, 0.15) is 40.0 Å². The first-order valence-corrected chi connectivity index (χ1v) is 6.56. The van der Waals surface area contributed by atoms with Gasteiger partial charge in [-0.3, -0.25) is 4.79 Å². The molecule has 0 spiro atoms.